The Hall–Kier alpha value is -1.79. The Kier molecular flexibility index (Phi) is 5.03. The summed E-state index contributed by atoms with van der Waals surface area (Å²) in [5.41, 5.74) is 5.09. The molecule has 124 valence electrons. The van der Waals surface area contributed by atoms with Crippen LogP contribution in [0.2, 0.25) is 0 Å². The van der Waals surface area contributed by atoms with E-state index in [0.29, 0.717) is 5.92 Å². The second kappa shape index (κ2) is 7.19. The molecule has 0 saturated carbocycles. The minimum Gasteiger partial charge on any atom is -0.383 e. The van der Waals surface area contributed by atoms with Crippen molar-refractivity contribution in [3.63, 3.8) is 0 Å². The number of ether oxygens (including phenoxy) is 1. The lowest BCUT2D eigenvalue weighted by Gasteiger charge is -2.32. The van der Waals surface area contributed by atoms with Crippen LogP contribution in [-0.2, 0) is 4.74 Å². The molecule has 1 fully saturated rings. The highest BCUT2D eigenvalue weighted by Crippen LogP contribution is 2.28. The van der Waals surface area contributed by atoms with Gasteiger partial charge in [0.25, 0.3) is 0 Å². The fourth-order valence-electron chi connectivity index (χ4n) is 3.35. The van der Waals surface area contributed by atoms with Crippen molar-refractivity contribution < 1.29 is 4.74 Å². The van der Waals surface area contributed by atoms with Gasteiger partial charge in [-0.15, -0.1) is 0 Å². The quantitative estimate of drug-likeness (QED) is 0.917. The SMILES string of the molecule is COCCN1CCCC(c2cncc(-c3c(C)n[nH]c3C)n2)C1. The van der Waals surface area contributed by atoms with Crippen LogP contribution in [0.1, 0.15) is 35.8 Å². The third-order valence-corrected chi connectivity index (χ3v) is 4.57. The lowest BCUT2D eigenvalue weighted by atomic mass is 9.95. The number of aromatic amines is 1. The first-order valence-electron chi connectivity index (χ1n) is 8.24. The number of aryl methyl sites for hydroxylation is 2. The minimum absolute atomic E-state index is 0.445. The summed E-state index contributed by atoms with van der Waals surface area (Å²) in [5, 5.41) is 7.29. The molecule has 1 atom stereocenters. The van der Waals surface area contributed by atoms with Gasteiger partial charge in [-0.3, -0.25) is 10.1 Å². The van der Waals surface area contributed by atoms with Gasteiger partial charge in [0.2, 0.25) is 0 Å². The standard InChI is InChI=1S/C17H25N5O/c1-12-17(13(2)21-20-12)16-10-18-9-15(19-16)14-5-4-6-22(11-14)7-8-23-3/h9-10,14H,4-8,11H2,1-3H3,(H,20,21). The van der Waals surface area contributed by atoms with Crippen LogP contribution in [0.3, 0.4) is 0 Å². The number of aromatic nitrogens is 4. The Morgan fingerprint density at radius 2 is 2.22 bits per heavy atom. The van der Waals surface area contributed by atoms with E-state index >= 15 is 0 Å². The van der Waals surface area contributed by atoms with E-state index in [1.54, 1.807) is 7.11 Å². The summed E-state index contributed by atoms with van der Waals surface area (Å²) >= 11 is 0. The molecule has 1 aliphatic rings. The predicted octanol–water partition coefficient (Wildman–Crippen LogP) is 2.31. The second-order valence-corrected chi connectivity index (χ2v) is 6.27. The number of piperidine rings is 1. The fourth-order valence-corrected chi connectivity index (χ4v) is 3.35. The Morgan fingerprint density at radius 3 is 2.96 bits per heavy atom. The van der Waals surface area contributed by atoms with Gasteiger partial charge in [0.1, 0.15) is 0 Å². The molecule has 0 aliphatic carbocycles. The summed E-state index contributed by atoms with van der Waals surface area (Å²) in [5.74, 6) is 0.445. The van der Waals surface area contributed by atoms with E-state index in [-0.39, 0.29) is 0 Å². The molecule has 0 amide bonds. The number of rotatable bonds is 5. The third-order valence-electron chi connectivity index (χ3n) is 4.57. The summed E-state index contributed by atoms with van der Waals surface area (Å²) in [6.07, 6.45) is 6.12. The maximum atomic E-state index is 5.20. The van der Waals surface area contributed by atoms with E-state index in [2.05, 4.69) is 20.1 Å². The van der Waals surface area contributed by atoms with Gasteiger partial charge in [-0.2, -0.15) is 5.10 Å². The van der Waals surface area contributed by atoms with Crippen LogP contribution in [0.4, 0.5) is 0 Å². The van der Waals surface area contributed by atoms with Crippen molar-refractivity contribution in [1.82, 2.24) is 25.1 Å². The second-order valence-electron chi connectivity index (χ2n) is 6.27. The van der Waals surface area contributed by atoms with E-state index in [1.165, 1.54) is 12.8 Å². The number of nitrogens with one attached hydrogen (secondary N) is 1. The van der Waals surface area contributed by atoms with Gasteiger partial charge in [0, 0.05) is 43.6 Å². The topological polar surface area (TPSA) is 66.9 Å². The van der Waals surface area contributed by atoms with Crippen molar-refractivity contribution in [1.29, 1.82) is 0 Å². The lowest BCUT2D eigenvalue weighted by Crippen LogP contribution is -2.36. The molecule has 6 nitrogen and oxygen atoms in total. The summed E-state index contributed by atoms with van der Waals surface area (Å²) in [6, 6.07) is 0. The van der Waals surface area contributed by atoms with Gasteiger partial charge in [-0.25, -0.2) is 4.98 Å². The smallest absolute Gasteiger partial charge is 0.0925 e. The molecule has 0 aromatic carbocycles. The van der Waals surface area contributed by atoms with Crippen LogP contribution in [-0.4, -0.2) is 58.4 Å². The van der Waals surface area contributed by atoms with Crippen molar-refractivity contribution in [3.8, 4) is 11.3 Å². The normalized spacial score (nSPS) is 19.2. The maximum absolute atomic E-state index is 5.20. The Bertz CT molecular complexity index is 635. The predicted molar refractivity (Wildman–Crippen MR) is 89.4 cm³/mol. The molecular formula is C17H25N5O. The Morgan fingerprint density at radius 1 is 1.35 bits per heavy atom. The Labute approximate surface area is 137 Å². The number of H-pyrrole nitrogens is 1. The highest BCUT2D eigenvalue weighted by Gasteiger charge is 2.23. The van der Waals surface area contributed by atoms with Gasteiger partial charge in [-0.05, 0) is 33.2 Å². The summed E-state index contributed by atoms with van der Waals surface area (Å²) < 4.78 is 5.20. The molecule has 23 heavy (non-hydrogen) atoms. The molecule has 0 spiro atoms. The Balaban J connectivity index is 1.80. The zero-order valence-electron chi connectivity index (χ0n) is 14.2. The summed E-state index contributed by atoms with van der Waals surface area (Å²) in [6.45, 7) is 7.97. The first-order chi connectivity index (χ1) is 11.2. The van der Waals surface area contributed by atoms with Crippen LogP contribution >= 0.6 is 0 Å². The largest absolute Gasteiger partial charge is 0.383 e. The zero-order chi connectivity index (χ0) is 16.2. The third kappa shape index (κ3) is 3.59. The van der Waals surface area contributed by atoms with Crippen LogP contribution in [0, 0.1) is 13.8 Å². The number of hydrogen-bond acceptors (Lipinski definition) is 5. The van der Waals surface area contributed by atoms with Gasteiger partial charge < -0.3 is 9.64 Å². The molecular weight excluding hydrogens is 290 g/mol. The van der Waals surface area contributed by atoms with Crippen molar-refractivity contribution in [3.05, 3.63) is 29.5 Å². The highest BCUT2D eigenvalue weighted by atomic mass is 16.5. The van der Waals surface area contributed by atoms with Crippen LogP contribution in [0.15, 0.2) is 12.4 Å². The van der Waals surface area contributed by atoms with E-state index < -0.39 is 0 Å². The molecule has 1 saturated heterocycles. The van der Waals surface area contributed by atoms with Gasteiger partial charge >= 0.3 is 0 Å². The van der Waals surface area contributed by atoms with E-state index in [0.717, 1.165) is 54.6 Å². The first-order valence-corrected chi connectivity index (χ1v) is 8.24. The van der Waals surface area contributed by atoms with Crippen LogP contribution in [0.5, 0.6) is 0 Å². The molecule has 6 heteroatoms. The molecule has 1 N–H and O–H groups in total. The molecule has 2 aromatic heterocycles. The molecule has 3 heterocycles. The van der Waals surface area contributed by atoms with Crippen molar-refractivity contribution in [2.24, 2.45) is 0 Å². The van der Waals surface area contributed by atoms with Gasteiger partial charge in [0.05, 0.1) is 29.9 Å². The van der Waals surface area contributed by atoms with E-state index in [4.69, 9.17) is 9.72 Å². The summed E-state index contributed by atoms with van der Waals surface area (Å²) in [4.78, 5) is 11.8. The molecule has 1 unspecified atom stereocenters. The molecule has 2 aromatic rings. The van der Waals surface area contributed by atoms with E-state index in [1.807, 2.05) is 26.2 Å². The zero-order valence-corrected chi connectivity index (χ0v) is 14.2. The lowest BCUT2D eigenvalue weighted by molar-refractivity contribution is 0.127. The first kappa shape index (κ1) is 16.1. The monoisotopic (exact) mass is 315 g/mol. The number of nitrogens with zero attached hydrogens (tertiary/aromatic N) is 4. The van der Waals surface area contributed by atoms with Crippen LogP contribution in [0.25, 0.3) is 11.3 Å². The number of likely N-dealkylation sites (tertiary alicyclic amines) is 1. The molecule has 3 rings (SSSR count). The molecule has 0 radical (unpaired) electrons. The van der Waals surface area contributed by atoms with Crippen LogP contribution < -0.4 is 0 Å². The van der Waals surface area contributed by atoms with Gasteiger partial charge in [-0.1, -0.05) is 0 Å². The van der Waals surface area contributed by atoms with Crippen molar-refractivity contribution in [2.75, 3.05) is 33.4 Å². The molecule has 1 aliphatic heterocycles. The van der Waals surface area contributed by atoms with Crippen molar-refractivity contribution >= 4 is 0 Å². The van der Waals surface area contributed by atoms with Gasteiger partial charge in [0.15, 0.2) is 0 Å². The van der Waals surface area contributed by atoms with Crippen molar-refractivity contribution in [2.45, 2.75) is 32.6 Å². The summed E-state index contributed by atoms with van der Waals surface area (Å²) in [7, 11) is 1.76. The average Bonchev–Trinajstić information content (AvgIpc) is 2.92. The maximum Gasteiger partial charge on any atom is 0.0925 e. The number of hydrogen-bond donors (Lipinski definition) is 1. The molecule has 0 bridgehead atoms. The number of methoxy groups -OCH3 is 1. The average molecular weight is 315 g/mol. The fraction of sp³-hybridized carbons (Fsp3) is 0.588. The highest BCUT2D eigenvalue weighted by molar-refractivity contribution is 5.63. The van der Waals surface area contributed by atoms with E-state index in [9.17, 15) is 0 Å². The minimum atomic E-state index is 0.445.